The van der Waals surface area contributed by atoms with E-state index in [1.54, 1.807) is 27.7 Å². The number of methoxy groups -OCH3 is 1. The van der Waals surface area contributed by atoms with Gasteiger partial charge in [-0.15, -0.1) is 0 Å². The van der Waals surface area contributed by atoms with Gasteiger partial charge >= 0.3 is 17.9 Å². The average Bonchev–Trinajstić information content (AvgIpc) is 3.33. The zero-order valence-corrected chi connectivity index (χ0v) is 27.1. The number of ether oxygens (including phenoxy) is 6. The van der Waals surface area contributed by atoms with Crippen molar-refractivity contribution in [3.63, 3.8) is 0 Å². The number of fused-ring (bicyclic) bond motifs is 2. The number of esters is 3. The fourth-order valence-electron chi connectivity index (χ4n) is 9.68. The van der Waals surface area contributed by atoms with Crippen LogP contribution in [-0.2, 0) is 47.6 Å². The number of Topliss-reactive ketones (excluding diaryl/α,β-unsaturated/α-hetero) is 1. The van der Waals surface area contributed by atoms with Crippen molar-refractivity contribution in [1.29, 1.82) is 0 Å². The number of carbonyl (C=O) groups excluding carboxylic acids is 4. The van der Waals surface area contributed by atoms with Crippen LogP contribution in [-0.4, -0.2) is 135 Å². The first-order valence-electron chi connectivity index (χ1n) is 15.9. The van der Waals surface area contributed by atoms with E-state index in [0.29, 0.717) is 11.1 Å². The quantitative estimate of drug-likeness (QED) is 0.0987. The van der Waals surface area contributed by atoms with Gasteiger partial charge in [0.2, 0.25) is 18.0 Å². The van der Waals surface area contributed by atoms with Gasteiger partial charge in [0.05, 0.1) is 32.3 Å². The second-order valence-electron chi connectivity index (χ2n) is 14.3. The molecule has 6 N–H and O–H groups in total. The summed E-state index contributed by atoms with van der Waals surface area (Å²) in [4.78, 5) is 54.0. The number of ketones is 1. The maximum absolute atomic E-state index is 13.9. The van der Waals surface area contributed by atoms with Gasteiger partial charge in [-0.3, -0.25) is 4.79 Å². The van der Waals surface area contributed by atoms with Crippen molar-refractivity contribution < 1.29 is 78.2 Å². The van der Waals surface area contributed by atoms with E-state index in [0.717, 1.165) is 13.2 Å². The summed E-state index contributed by atoms with van der Waals surface area (Å²) < 4.78 is 34.1. The van der Waals surface area contributed by atoms with Gasteiger partial charge in [-0.05, 0) is 44.1 Å². The molecule has 16 heteroatoms. The predicted molar refractivity (Wildman–Crippen MR) is 155 cm³/mol. The van der Waals surface area contributed by atoms with Crippen LogP contribution >= 0.6 is 0 Å². The molecule has 0 aromatic rings. The van der Waals surface area contributed by atoms with Crippen molar-refractivity contribution >= 4 is 23.7 Å². The van der Waals surface area contributed by atoms with E-state index in [-0.39, 0.29) is 25.2 Å². The fourth-order valence-corrected chi connectivity index (χ4v) is 9.68. The minimum absolute atomic E-state index is 0.0357. The third kappa shape index (κ3) is 4.57. The molecular formula is C32H42O16. The lowest BCUT2D eigenvalue weighted by molar-refractivity contribution is -0.296. The molecule has 48 heavy (non-hydrogen) atoms. The monoisotopic (exact) mass is 682 g/mol. The number of aliphatic hydroxyl groups is 6. The number of hydrogen-bond acceptors (Lipinski definition) is 16. The summed E-state index contributed by atoms with van der Waals surface area (Å²) in [6.45, 7) is 5.57. The van der Waals surface area contributed by atoms with Crippen LogP contribution in [0.5, 0.6) is 0 Å². The first-order valence-corrected chi connectivity index (χ1v) is 15.9. The molecule has 0 radical (unpaired) electrons. The van der Waals surface area contributed by atoms with Crippen LogP contribution < -0.4 is 0 Å². The van der Waals surface area contributed by atoms with Crippen molar-refractivity contribution in [2.24, 2.45) is 28.6 Å². The molecule has 1 spiro atoms. The maximum Gasteiger partial charge on any atom is 0.348 e. The average molecular weight is 683 g/mol. The lowest BCUT2D eigenvalue weighted by Crippen LogP contribution is -2.79. The van der Waals surface area contributed by atoms with Crippen LogP contribution in [0.3, 0.4) is 0 Å². The molecule has 0 aromatic carbocycles. The Morgan fingerprint density at radius 1 is 1.02 bits per heavy atom. The van der Waals surface area contributed by atoms with Gasteiger partial charge in [-0.2, -0.15) is 0 Å². The highest BCUT2D eigenvalue weighted by molar-refractivity contribution is 5.96. The third-order valence-electron chi connectivity index (χ3n) is 11.5. The van der Waals surface area contributed by atoms with Crippen molar-refractivity contribution in [3.8, 4) is 0 Å². The summed E-state index contributed by atoms with van der Waals surface area (Å²) >= 11 is 0. The Morgan fingerprint density at radius 2 is 1.71 bits per heavy atom. The molecule has 2 saturated carbocycles. The van der Waals surface area contributed by atoms with Gasteiger partial charge in [0, 0.05) is 23.8 Å². The fraction of sp³-hybridized carbons (Fsp3) is 0.750. The molecule has 6 rings (SSSR count). The van der Waals surface area contributed by atoms with E-state index >= 15 is 0 Å². The standard InChI is InChI=1S/C32H42O16/c1-11(2)6-17(35)47-23-25-31-10-44-32(25,29(42)43-5)26(40)21(39)24(31)30(4)8-14(34)22(12(3)13(30)7-16(31)46-27(23)41)48-28-20(38)19(37)18(36)15(9-33)45-28/h6,13,15-16,18-21,23-26,28,33,36-40H,7-10H2,1-5H3/t13-,15+,16+,18+,19-,20+,21+,23+,24+,25+,26-,28-,30-,31+,32+/m0/s1. The summed E-state index contributed by atoms with van der Waals surface area (Å²) in [5, 5.41) is 64.3. The molecule has 6 aliphatic rings. The van der Waals surface area contributed by atoms with E-state index in [2.05, 4.69) is 0 Å². The van der Waals surface area contributed by atoms with E-state index in [1.165, 1.54) is 0 Å². The van der Waals surface area contributed by atoms with E-state index in [1.807, 2.05) is 0 Å². The predicted octanol–water partition coefficient (Wildman–Crippen LogP) is -2.22. The molecule has 16 nitrogen and oxygen atoms in total. The Morgan fingerprint density at radius 3 is 2.33 bits per heavy atom. The van der Waals surface area contributed by atoms with Crippen LogP contribution in [0.1, 0.15) is 40.5 Å². The minimum atomic E-state index is -2.32. The normalized spacial score (nSPS) is 47.7. The molecule has 266 valence electrons. The summed E-state index contributed by atoms with van der Waals surface area (Å²) in [5.74, 6) is -6.88. The highest BCUT2D eigenvalue weighted by atomic mass is 16.7. The molecule has 0 amide bonds. The van der Waals surface area contributed by atoms with E-state index < -0.39 is 120 Å². The summed E-state index contributed by atoms with van der Waals surface area (Å²) in [6.07, 6.45) is -13.7. The third-order valence-corrected chi connectivity index (χ3v) is 11.5. The SMILES string of the molecule is COC(=O)[C@]12OC[C@]34[C@H]([C@@H](O)[C@@H]1O)[C@@]1(C)CC(=O)C(O[C@@H]5O[C@H](CO)[C@@H](O)[C@H](O)[C@H]5O)=C(C)[C@@H]1C[C@H]3OC(=O)[C@H](OC(=O)C=C(C)C)[C@@H]24. The number of allylic oxidation sites excluding steroid dienone is 3. The van der Waals surface area contributed by atoms with Gasteiger partial charge in [0.1, 0.15) is 36.6 Å². The second-order valence-corrected chi connectivity index (χ2v) is 14.3. The lowest BCUT2D eigenvalue weighted by atomic mass is 9.38. The molecule has 2 bridgehead atoms. The molecule has 5 fully saturated rings. The summed E-state index contributed by atoms with van der Waals surface area (Å²) in [7, 11) is 1.06. The van der Waals surface area contributed by atoms with Crippen molar-refractivity contribution in [2.45, 2.75) is 101 Å². The number of rotatable bonds is 6. The molecule has 0 aromatic heterocycles. The van der Waals surface area contributed by atoms with Gasteiger partial charge in [-0.1, -0.05) is 12.5 Å². The van der Waals surface area contributed by atoms with E-state index in [9.17, 15) is 49.8 Å². The minimum Gasteiger partial charge on any atom is -0.467 e. The van der Waals surface area contributed by atoms with Crippen molar-refractivity contribution in [1.82, 2.24) is 0 Å². The highest BCUT2D eigenvalue weighted by Gasteiger charge is 2.85. The molecule has 0 unspecified atom stereocenters. The molecule has 3 heterocycles. The Kier molecular flexibility index (Phi) is 8.60. The van der Waals surface area contributed by atoms with Crippen LogP contribution in [0.4, 0.5) is 0 Å². The Balaban J connectivity index is 1.45. The Labute approximate surface area is 275 Å². The topological polar surface area (TPSA) is 245 Å². The maximum atomic E-state index is 13.9. The first kappa shape index (κ1) is 34.9. The Bertz CT molecular complexity index is 1450. The highest BCUT2D eigenvalue weighted by Crippen LogP contribution is 2.73. The van der Waals surface area contributed by atoms with Gasteiger partial charge in [-0.25, -0.2) is 14.4 Å². The van der Waals surface area contributed by atoms with Crippen LogP contribution in [0, 0.1) is 28.6 Å². The lowest BCUT2D eigenvalue weighted by Gasteiger charge is -2.67. The first-order chi connectivity index (χ1) is 22.5. The molecule has 3 aliphatic heterocycles. The zero-order valence-electron chi connectivity index (χ0n) is 27.1. The van der Waals surface area contributed by atoms with Gasteiger partial charge in [0.15, 0.2) is 11.5 Å². The number of aliphatic hydroxyl groups excluding tert-OH is 6. The largest absolute Gasteiger partial charge is 0.467 e. The smallest absolute Gasteiger partial charge is 0.348 e. The van der Waals surface area contributed by atoms with Crippen molar-refractivity contribution in [2.75, 3.05) is 20.3 Å². The van der Waals surface area contributed by atoms with Crippen LogP contribution in [0.15, 0.2) is 23.0 Å². The van der Waals surface area contributed by atoms with Crippen molar-refractivity contribution in [3.05, 3.63) is 23.0 Å². The second kappa shape index (κ2) is 11.8. The number of hydrogen-bond donors (Lipinski definition) is 6. The summed E-state index contributed by atoms with van der Waals surface area (Å²) in [5.41, 5.74) is -4.04. The van der Waals surface area contributed by atoms with E-state index in [4.69, 9.17) is 28.4 Å². The molecule has 3 saturated heterocycles. The number of carbonyl (C=O) groups is 4. The van der Waals surface area contributed by atoms with Gasteiger partial charge < -0.3 is 59.1 Å². The summed E-state index contributed by atoms with van der Waals surface area (Å²) in [6, 6.07) is 0. The Hall–Kier alpha value is -2.96. The molecule has 15 atom stereocenters. The molecular weight excluding hydrogens is 640 g/mol. The van der Waals surface area contributed by atoms with Crippen LogP contribution in [0.25, 0.3) is 0 Å². The zero-order chi connectivity index (χ0) is 35.2. The van der Waals surface area contributed by atoms with Gasteiger partial charge in [0.25, 0.3) is 0 Å². The van der Waals surface area contributed by atoms with Crippen LogP contribution in [0.2, 0.25) is 0 Å². The molecule has 3 aliphatic carbocycles.